The molecule has 0 spiro atoms. The Labute approximate surface area is 109 Å². The average molecular weight is 243 g/mol. The molecule has 1 amide bonds. The van der Waals surface area contributed by atoms with Crippen molar-refractivity contribution in [2.45, 2.75) is 32.1 Å². The molecule has 1 aliphatic carbocycles. The van der Waals surface area contributed by atoms with Crippen LogP contribution >= 0.6 is 0 Å². The summed E-state index contributed by atoms with van der Waals surface area (Å²) in [5.41, 5.74) is 1.33. The number of amides is 1. The topological polar surface area (TPSA) is 20.3 Å². The van der Waals surface area contributed by atoms with Crippen LogP contribution in [-0.2, 0) is 4.79 Å². The van der Waals surface area contributed by atoms with Crippen molar-refractivity contribution in [2.24, 2.45) is 11.8 Å². The van der Waals surface area contributed by atoms with Crippen molar-refractivity contribution in [1.82, 2.24) is 4.90 Å². The summed E-state index contributed by atoms with van der Waals surface area (Å²) in [6.45, 7) is 4.22. The highest BCUT2D eigenvalue weighted by Crippen LogP contribution is 2.48. The van der Waals surface area contributed by atoms with Crippen LogP contribution in [0.15, 0.2) is 30.3 Å². The first kappa shape index (κ1) is 11.8. The molecule has 18 heavy (non-hydrogen) atoms. The molecule has 2 nitrogen and oxygen atoms in total. The normalized spacial score (nSPS) is 28.2. The van der Waals surface area contributed by atoms with Crippen molar-refractivity contribution in [3.63, 3.8) is 0 Å². The third-order valence-corrected chi connectivity index (χ3v) is 4.43. The van der Waals surface area contributed by atoms with E-state index in [1.807, 2.05) is 6.07 Å². The molecule has 1 aliphatic heterocycles. The second-order valence-corrected chi connectivity index (χ2v) is 5.87. The summed E-state index contributed by atoms with van der Waals surface area (Å²) >= 11 is 0. The van der Waals surface area contributed by atoms with Crippen molar-refractivity contribution < 1.29 is 4.79 Å². The molecule has 2 aliphatic rings. The maximum Gasteiger partial charge on any atom is 0.226 e. The molecule has 2 atom stereocenters. The van der Waals surface area contributed by atoms with Crippen molar-refractivity contribution in [2.75, 3.05) is 13.1 Å². The molecular weight excluding hydrogens is 222 g/mol. The van der Waals surface area contributed by atoms with E-state index in [-0.39, 0.29) is 5.92 Å². The number of likely N-dealkylation sites (tertiary alicyclic amines) is 1. The van der Waals surface area contributed by atoms with Gasteiger partial charge in [0.05, 0.1) is 0 Å². The molecule has 1 aromatic rings. The Morgan fingerprint density at radius 2 is 1.83 bits per heavy atom. The molecule has 0 aromatic heterocycles. The highest BCUT2D eigenvalue weighted by atomic mass is 16.2. The molecule has 2 fully saturated rings. The summed E-state index contributed by atoms with van der Waals surface area (Å²) in [6, 6.07) is 10.5. The minimum atomic E-state index is 0.265. The van der Waals surface area contributed by atoms with Gasteiger partial charge in [-0.25, -0.2) is 0 Å². The molecule has 0 unspecified atom stereocenters. The van der Waals surface area contributed by atoms with Gasteiger partial charge in [-0.2, -0.15) is 0 Å². The fourth-order valence-corrected chi connectivity index (χ4v) is 3.00. The van der Waals surface area contributed by atoms with E-state index >= 15 is 0 Å². The average Bonchev–Trinajstić information content (AvgIpc) is 3.20. The number of benzene rings is 1. The smallest absolute Gasteiger partial charge is 0.226 e. The number of nitrogens with zero attached hydrogens (tertiary/aromatic N) is 1. The third-order valence-electron chi connectivity index (χ3n) is 4.43. The van der Waals surface area contributed by atoms with E-state index in [2.05, 4.69) is 36.1 Å². The largest absolute Gasteiger partial charge is 0.342 e. The van der Waals surface area contributed by atoms with Crippen molar-refractivity contribution in [3.8, 4) is 0 Å². The molecule has 1 heterocycles. The van der Waals surface area contributed by atoms with Crippen LogP contribution in [0.1, 0.15) is 37.7 Å². The molecule has 1 aromatic carbocycles. The van der Waals surface area contributed by atoms with E-state index in [1.165, 1.54) is 18.4 Å². The second kappa shape index (κ2) is 4.75. The minimum Gasteiger partial charge on any atom is -0.342 e. The summed E-state index contributed by atoms with van der Waals surface area (Å²) in [4.78, 5) is 14.5. The maximum absolute atomic E-state index is 12.4. The van der Waals surface area contributed by atoms with Crippen molar-refractivity contribution >= 4 is 5.91 Å². The SMILES string of the molecule is CC1CCN(C(=O)[C@H]2C[C@@H]2c2ccccc2)CC1. The van der Waals surface area contributed by atoms with Gasteiger partial charge in [-0.05, 0) is 36.7 Å². The van der Waals surface area contributed by atoms with Gasteiger partial charge in [-0.3, -0.25) is 4.79 Å². The van der Waals surface area contributed by atoms with Gasteiger partial charge in [0.25, 0.3) is 0 Å². The summed E-state index contributed by atoms with van der Waals surface area (Å²) in [5.74, 6) is 1.94. The quantitative estimate of drug-likeness (QED) is 0.782. The van der Waals surface area contributed by atoms with Crippen LogP contribution in [0.4, 0.5) is 0 Å². The van der Waals surface area contributed by atoms with Crippen LogP contribution in [0.2, 0.25) is 0 Å². The maximum atomic E-state index is 12.4. The first-order chi connectivity index (χ1) is 8.75. The lowest BCUT2D eigenvalue weighted by Crippen LogP contribution is -2.39. The number of hydrogen-bond donors (Lipinski definition) is 0. The fourth-order valence-electron chi connectivity index (χ4n) is 3.00. The number of piperidine rings is 1. The number of hydrogen-bond acceptors (Lipinski definition) is 1. The van der Waals surface area contributed by atoms with E-state index in [1.54, 1.807) is 0 Å². The lowest BCUT2D eigenvalue weighted by molar-refractivity contribution is -0.134. The first-order valence-corrected chi connectivity index (χ1v) is 7.09. The molecule has 1 saturated heterocycles. The lowest BCUT2D eigenvalue weighted by atomic mass is 9.98. The molecule has 3 rings (SSSR count). The highest BCUT2D eigenvalue weighted by molar-refractivity contribution is 5.83. The Hall–Kier alpha value is -1.31. The highest BCUT2D eigenvalue weighted by Gasteiger charge is 2.45. The van der Waals surface area contributed by atoms with E-state index in [9.17, 15) is 4.79 Å². The number of carbonyl (C=O) groups is 1. The monoisotopic (exact) mass is 243 g/mol. The molecule has 0 radical (unpaired) electrons. The van der Waals surface area contributed by atoms with Gasteiger partial charge in [0.15, 0.2) is 0 Å². The predicted octanol–water partition coefficient (Wildman–Crippen LogP) is 3.05. The zero-order chi connectivity index (χ0) is 12.5. The van der Waals surface area contributed by atoms with Crippen molar-refractivity contribution in [1.29, 1.82) is 0 Å². The van der Waals surface area contributed by atoms with E-state index in [4.69, 9.17) is 0 Å². The van der Waals surface area contributed by atoms with Gasteiger partial charge in [0.2, 0.25) is 5.91 Å². The Bertz CT molecular complexity index is 420. The van der Waals surface area contributed by atoms with Gasteiger partial charge in [-0.1, -0.05) is 37.3 Å². The molecule has 1 saturated carbocycles. The Morgan fingerprint density at radius 1 is 1.17 bits per heavy atom. The van der Waals surface area contributed by atoms with Crippen molar-refractivity contribution in [3.05, 3.63) is 35.9 Å². The molecule has 96 valence electrons. The van der Waals surface area contributed by atoms with Crippen LogP contribution in [0, 0.1) is 11.8 Å². The van der Waals surface area contributed by atoms with Gasteiger partial charge < -0.3 is 4.90 Å². The van der Waals surface area contributed by atoms with Crippen LogP contribution in [-0.4, -0.2) is 23.9 Å². The van der Waals surface area contributed by atoms with Gasteiger partial charge in [-0.15, -0.1) is 0 Å². The van der Waals surface area contributed by atoms with Gasteiger partial charge >= 0.3 is 0 Å². The summed E-state index contributed by atoms with van der Waals surface area (Å²) in [5, 5.41) is 0. The van der Waals surface area contributed by atoms with Gasteiger partial charge in [0, 0.05) is 19.0 Å². The van der Waals surface area contributed by atoms with Crippen LogP contribution in [0.5, 0.6) is 0 Å². The molecule has 0 N–H and O–H groups in total. The zero-order valence-corrected chi connectivity index (χ0v) is 11.0. The molecule has 2 heteroatoms. The van der Waals surface area contributed by atoms with E-state index in [0.717, 1.165) is 25.4 Å². The summed E-state index contributed by atoms with van der Waals surface area (Å²) < 4.78 is 0. The van der Waals surface area contributed by atoms with E-state index in [0.29, 0.717) is 11.8 Å². The standard InChI is InChI=1S/C16H21NO/c1-12-7-9-17(10-8-12)16(18)15-11-14(15)13-5-3-2-4-6-13/h2-6,12,14-15H,7-11H2,1H3/t14-,15+/m1/s1. The Kier molecular flexibility index (Phi) is 3.11. The van der Waals surface area contributed by atoms with Crippen LogP contribution < -0.4 is 0 Å². The molecular formula is C16H21NO. The number of rotatable bonds is 2. The van der Waals surface area contributed by atoms with Gasteiger partial charge in [0.1, 0.15) is 0 Å². The third kappa shape index (κ3) is 2.29. The second-order valence-electron chi connectivity index (χ2n) is 5.87. The predicted molar refractivity (Wildman–Crippen MR) is 72.3 cm³/mol. The Morgan fingerprint density at radius 3 is 2.50 bits per heavy atom. The summed E-state index contributed by atoms with van der Waals surface area (Å²) in [7, 11) is 0. The van der Waals surface area contributed by atoms with E-state index < -0.39 is 0 Å². The minimum absolute atomic E-state index is 0.265. The fraction of sp³-hybridized carbons (Fsp3) is 0.562. The first-order valence-electron chi connectivity index (χ1n) is 7.09. The zero-order valence-electron chi connectivity index (χ0n) is 11.0. The Balaban J connectivity index is 1.59. The summed E-state index contributed by atoms with van der Waals surface area (Å²) in [6.07, 6.45) is 3.40. The lowest BCUT2D eigenvalue weighted by Gasteiger charge is -2.30. The van der Waals surface area contributed by atoms with Crippen LogP contribution in [0.25, 0.3) is 0 Å². The number of carbonyl (C=O) groups excluding carboxylic acids is 1. The molecule has 0 bridgehead atoms. The van der Waals surface area contributed by atoms with Crippen LogP contribution in [0.3, 0.4) is 0 Å².